The summed E-state index contributed by atoms with van der Waals surface area (Å²) in [6.07, 6.45) is 0. The summed E-state index contributed by atoms with van der Waals surface area (Å²) in [5.41, 5.74) is 3.93. The van der Waals surface area contributed by atoms with Crippen LogP contribution in [0.25, 0.3) is 0 Å². The first-order valence-corrected chi connectivity index (χ1v) is 10.7. The Hall–Kier alpha value is -3.06. The van der Waals surface area contributed by atoms with Gasteiger partial charge in [-0.25, -0.2) is 0 Å². The van der Waals surface area contributed by atoms with Crippen molar-refractivity contribution in [2.75, 3.05) is 56.2 Å². The van der Waals surface area contributed by atoms with Gasteiger partial charge in [0.2, 0.25) is 5.91 Å². The molecule has 2 amide bonds. The number of carbonyl (C=O) groups is 2. The molecule has 0 bridgehead atoms. The van der Waals surface area contributed by atoms with Gasteiger partial charge in [0.05, 0.1) is 19.8 Å². The molecule has 1 fully saturated rings. The van der Waals surface area contributed by atoms with E-state index in [2.05, 4.69) is 10.2 Å². The molecule has 1 heterocycles. The van der Waals surface area contributed by atoms with E-state index < -0.39 is 0 Å². The van der Waals surface area contributed by atoms with Gasteiger partial charge in [-0.05, 0) is 56.7 Å². The largest absolute Gasteiger partial charge is 0.484 e. The molecule has 0 radical (unpaired) electrons. The fourth-order valence-corrected chi connectivity index (χ4v) is 3.52. The number of aryl methyl sites for hydroxylation is 2. The van der Waals surface area contributed by atoms with E-state index in [0.717, 1.165) is 43.1 Å². The molecule has 2 aromatic rings. The number of likely N-dealkylation sites (N-methyl/N-ethyl adjacent to an activating group) is 1. The molecule has 0 spiro atoms. The molecular formula is C24H31N3O4. The summed E-state index contributed by atoms with van der Waals surface area (Å²) < 4.78 is 11.0. The van der Waals surface area contributed by atoms with Crippen LogP contribution in [-0.2, 0) is 14.3 Å². The maximum atomic E-state index is 12.5. The van der Waals surface area contributed by atoms with E-state index in [9.17, 15) is 9.59 Å². The number of rotatable bonds is 8. The third kappa shape index (κ3) is 6.46. The molecule has 1 N–H and O–H groups in total. The molecule has 7 nitrogen and oxygen atoms in total. The molecule has 1 aliphatic heterocycles. The minimum absolute atomic E-state index is 0.0171. The average Bonchev–Trinajstić information content (AvgIpc) is 2.78. The quantitative estimate of drug-likeness (QED) is 0.704. The minimum atomic E-state index is -0.235. The second-order valence-corrected chi connectivity index (χ2v) is 7.66. The summed E-state index contributed by atoms with van der Waals surface area (Å²) in [7, 11) is 0. The molecule has 0 saturated carbocycles. The zero-order valence-corrected chi connectivity index (χ0v) is 18.5. The van der Waals surface area contributed by atoms with Gasteiger partial charge < -0.3 is 24.6 Å². The number of benzene rings is 2. The summed E-state index contributed by atoms with van der Waals surface area (Å²) in [6, 6.07) is 13.6. The maximum absolute atomic E-state index is 12.5. The number of hydrogen-bond donors (Lipinski definition) is 1. The number of morpholine rings is 1. The fourth-order valence-electron chi connectivity index (χ4n) is 3.52. The maximum Gasteiger partial charge on any atom is 0.260 e. The predicted molar refractivity (Wildman–Crippen MR) is 122 cm³/mol. The van der Waals surface area contributed by atoms with Crippen molar-refractivity contribution in [2.45, 2.75) is 20.8 Å². The molecule has 1 aliphatic rings. The van der Waals surface area contributed by atoms with Gasteiger partial charge in [0.1, 0.15) is 5.75 Å². The van der Waals surface area contributed by atoms with Crippen LogP contribution < -0.4 is 15.0 Å². The van der Waals surface area contributed by atoms with Crippen molar-refractivity contribution in [1.29, 1.82) is 0 Å². The monoisotopic (exact) mass is 425 g/mol. The molecule has 1 saturated heterocycles. The van der Waals surface area contributed by atoms with Gasteiger partial charge in [-0.2, -0.15) is 0 Å². The Morgan fingerprint density at radius 3 is 2.45 bits per heavy atom. The number of anilines is 2. The van der Waals surface area contributed by atoms with Crippen molar-refractivity contribution < 1.29 is 19.1 Å². The van der Waals surface area contributed by atoms with Crippen LogP contribution in [0.4, 0.5) is 11.4 Å². The molecular weight excluding hydrogens is 394 g/mol. The normalized spacial score (nSPS) is 13.6. The Morgan fingerprint density at radius 1 is 1.10 bits per heavy atom. The van der Waals surface area contributed by atoms with E-state index in [-0.39, 0.29) is 25.0 Å². The third-order valence-electron chi connectivity index (χ3n) is 5.28. The zero-order valence-electron chi connectivity index (χ0n) is 18.5. The number of nitrogens with zero attached hydrogens (tertiary/aromatic N) is 2. The second-order valence-electron chi connectivity index (χ2n) is 7.66. The van der Waals surface area contributed by atoms with Crippen molar-refractivity contribution in [3.05, 3.63) is 53.6 Å². The van der Waals surface area contributed by atoms with Crippen molar-refractivity contribution in [2.24, 2.45) is 0 Å². The van der Waals surface area contributed by atoms with Crippen molar-refractivity contribution in [3.63, 3.8) is 0 Å². The van der Waals surface area contributed by atoms with Crippen LogP contribution >= 0.6 is 0 Å². The Labute approximate surface area is 183 Å². The van der Waals surface area contributed by atoms with Gasteiger partial charge in [-0.1, -0.05) is 17.7 Å². The molecule has 31 heavy (non-hydrogen) atoms. The lowest BCUT2D eigenvalue weighted by Crippen LogP contribution is -2.40. The minimum Gasteiger partial charge on any atom is -0.484 e. The van der Waals surface area contributed by atoms with Crippen LogP contribution in [0.1, 0.15) is 18.1 Å². The Kier molecular flexibility index (Phi) is 7.89. The Bertz CT molecular complexity index is 892. The van der Waals surface area contributed by atoms with Crippen molar-refractivity contribution in [1.82, 2.24) is 4.90 Å². The lowest BCUT2D eigenvalue weighted by Gasteiger charge is -2.29. The number of nitrogens with one attached hydrogen (secondary N) is 1. The lowest BCUT2D eigenvalue weighted by molar-refractivity contribution is -0.136. The van der Waals surface area contributed by atoms with Crippen molar-refractivity contribution in [3.8, 4) is 5.75 Å². The van der Waals surface area contributed by atoms with E-state index in [0.29, 0.717) is 18.0 Å². The molecule has 0 atom stereocenters. The van der Waals surface area contributed by atoms with Gasteiger partial charge >= 0.3 is 0 Å². The molecule has 3 rings (SSSR count). The van der Waals surface area contributed by atoms with Crippen LogP contribution in [-0.4, -0.2) is 62.7 Å². The number of hydrogen-bond acceptors (Lipinski definition) is 5. The predicted octanol–water partition coefficient (Wildman–Crippen LogP) is 3.01. The van der Waals surface area contributed by atoms with Crippen LogP contribution in [0.15, 0.2) is 42.5 Å². The van der Waals surface area contributed by atoms with Crippen molar-refractivity contribution >= 4 is 23.2 Å². The number of amides is 2. The summed E-state index contributed by atoms with van der Waals surface area (Å²) in [5, 5.41) is 2.86. The van der Waals surface area contributed by atoms with E-state index >= 15 is 0 Å². The Morgan fingerprint density at radius 2 is 1.81 bits per heavy atom. The van der Waals surface area contributed by atoms with Crippen LogP contribution in [0.2, 0.25) is 0 Å². The molecule has 7 heteroatoms. The van der Waals surface area contributed by atoms with Gasteiger partial charge in [0.15, 0.2) is 6.61 Å². The van der Waals surface area contributed by atoms with Crippen LogP contribution in [0, 0.1) is 13.8 Å². The van der Waals surface area contributed by atoms with Gasteiger partial charge in [0, 0.05) is 31.0 Å². The summed E-state index contributed by atoms with van der Waals surface area (Å²) in [4.78, 5) is 28.7. The SMILES string of the molecule is CCN(CC(=O)Nc1ccc(N2CCOCC2)cc1)C(=O)COc1ccc(C)cc1C. The fraction of sp³-hybridized carbons (Fsp3) is 0.417. The van der Waals surface area contributed by atoms with E-state index in [1.807, 2.05) is 63.2 Å². The highest BCUT2D eigenvalue weighted by molar-refractivity contribution is 5.94. The summed E-state index contributed by atoms with van der Waals surface area (Å²) in [5.74, 6) is 0.223. The van der Waals surface area contributed by atoms with E-state index in [4.69, 9.17) is 9.47 Å². The number of carbonyl (C=O) groups excluding carboxylic acids is 2. The Balaban J connectivity index is 1.49. The highest BCUT2D eigenvalue weighted by atomic mass is 16.5. The van der Waals surface area contributed by atoms with E-state index in [1.165, 1.54) is 4.90 Å². The smallest absolute Gasteiger partial charge is 0.260 e. The first-order chi connectivity index (χ1) is 15.0. The highest BCUT2D eigenvalue weighted by Crippen LogP contribution is 2.20. The van der Waals surface area contributed by atoms with E-state index in [1.54, 1.807) is 0 Å². The molecule has 166 valence electrons. The van der Waals surface area contributed by atoms with Gasteiger partial charge in [-0.3, -0.25) is 9.59 Å². The second kappa shape index (κ2) is 10.8. The molecule has 0 aliphatic carbocycles. The molecule has 2 aromatic carbocycles. The average molecular weight is 426 g/mol. The first-order valence-electron chi connectivity index (χ1n) is 10.7. The van der Waals surface area contributed by atoms with Gasteiger partial charge in [0.25, 0.3) is 5.91 Å². The molecule has 0 unspecified atom stereocenters. The highest BCUT2D eigenvalue weighted by Gasteiger charge is 2.17. The van der Waals surface area contributed by atoms with Crippen LogP contribution in [0.5, 0.6) is 5.75 Å². The van der Waals surface area contributed by atoms with Crippen LogP contribution in [0.3, 0.4) is 0 Å². The number of ether oxygens (including phenoxy) is 2. The third-order valence-corrected chi connectivity index (χ3v) is 5.28. The first kappa shape index (κ1) is 22.6. The standard InChI is InChI=1S/C24H31N3O4/c1-4-26(24(29)17-31-22-10-5-18(2)15-19(22)3)16-23(28)25-20-6-8-21(9-7-20)27-11-13-30-14-12-27/h5-10,15H,4,11-14,16-17H2,1-3H3,(H,25,28). The zero-order chi connectivity index (χ0) is 22.2. The topological polar surface area (TPSA) is 71.1 Å². The molecule has 0 aromatic heterocycles. The lowest BCUT2D eigenvalue weighted by atomic mass is 10.1. The van der Waals surface area contributed by atoms with Gasteiger partial charge in [-0.15, -0.1) is 0 Å². The summed E-state index contributed by atoms with van der Waals surface area (Å²) >= 11 is 0. The summed E-state index contributed by atoms with van der Waals surface area (Å²) in [6.45, 7) is 9.30.